The summed E-state index contributed by atoms with van der Waals surface area (Å²) in [6, 6.07) is 4.12. The van der Waals surface area contributed by atoms with Gasteiger partial charge < -0.3 is 5.32 Å². The van der Waals surface area contributed by atoms with Gasteiger partial charge in [-0.2, -0.15) is 0 Å². The molecular formula is C17H24ClNO. The van der Waals surface area contributed by atoms with Gasteiger partial charge >= 0.3 is 0 Å². The van der Waals surface area contributed by atoms with Crippen LogP contribution < -0.4 is 5.32 Å². The molecule has 1 amide bonds. The summed E-state index contributed by atoms with van der Waals surface area (Å²) in [4.78, 5) is 12.4. The minimum absolute atomic E-state index is 0.0365. The number of amides is 1. The lowest BCUT2D eigenvalue weighted by atomic mass is 9.88. The van der Waals surface area contributed by atoms with Crippen molar-refractivity contribution in [2.45, 2.75) is 51.8 Å². The molecule has 1 N–H and O–H groups in total. The Bertz CT molecular complexity index is 475. The van der Waals surface area contributed by atoms with Crippen molar-refractivity contribution in [1.29, 1.82) is 0 Å². The lowest BCUT2D eigenvalue weighted by Gasteiger charge is -2.27. The normalized spacial score (nSPS) is 22.6. The van der Waals surface area contributed by atoms with Gasteiger partial charge in [0.15, 0.2) is 0 Å². The number of rotatable bonds is 3. The van der Waals surface area contributed by atoms with Gasteiger partial charge in [-0.25, -0.2) is 0 Å². The molecule has 0 aliphatic heterocycles. The average Bonchev–Trinajstić information content (AvgIpc) is 2.36. The van der Waals surface area contributed by atoms with Crippen molar-refractivity contribution in [2.24, 2.45) is 5.92 Å². The van der Waals surface area contributed by atoms with E-state index in [1.807, 2.05) is 13.8 Å². The molecule has 1 aliphatic rings. The molecule has 2 atom stereocenters. The van der Waals surface area contributed by atoms with Crippen LogP contribution >= 0.6 is 11.6 Å². The van der Waals surface area contributed by atoms with Gasteiger partial charge in [0, 0.05) is 17.5 Å². The predicted octanol–water partition coefficient (Wildman–Crippen LogP) is 4.14. The molecule has 1 aliphatic carbocycles. The molecule has 110 valence electrons. The molecule has 3 heteroatoms. The summed E-state index contributed by atoms with van der Waals surface area (Å²) >= 11 is 6.34. The molecule has 0 heterocycles. The Labute approximate surface area is 126 Å². The number of benzene rings is 1. The van der Waals surface area contributed by atoms with E-state index < -0.39 is 0 Å². The Morgan fingerprint density at radius 2 is 1.80 bits per heavy atom. The van der Waals surface area contributed by atoms with Gasteiger partial charge in [0.05, 0.1) is 0 Å². The summed E-state index contributed by atoms with van der Waals surface area (Å²) < 4.78 is 0. The maximum Gasteiger partial charge on any atom is 0.251 e. The van der Waals surface area contributed by atoms with Gasteiger partial charge in [0.2, 0.25) is 0 Å². The quantitative estimate of drug-likeness (QED) is 0.834. The third-order valence-electron chi connectivity index (χ3n) is 4.25. The zero-order chi connectivity index (χ0) is 14.7. The first-order valence-corrected chi connectivity index (χ1v) is 7.93. The summed E-state index contributed by atoms with van der Waals surface area (Å²) in [6.45, 7) is 6.75. The lowest BCUT2D eigenvalue weighted by Crippen LogP contribution is -2.35. The highest BCUT2D eigenvalue weighted by molar-refractivity contribution is 6.20. The number of halogens is 1. The second kappa shape index (κ2) is 6.62. The number of carbonyl (C=O) groups is 1. The molecule has 1 saturated carbocycles. The Kier molecular flexibility index (Phi) is 5.09. The Balaban J connectivity index is 2.02. The topological polar surface area (TPSA) is 29.1 Å². The van der Waals surface area contributed by atoms with Gasteiger partial charge in [0.25, 0.3) is 5.91 Å². The zero-order valence-corrected chi connectivity index (χ0v) is 13.4. The number of hydrogen-bond donors (Lipinski definition) is 1. The van der Waals surface area contributed by atoms with Gasteiger partial charge in [-0.3, -0.25) is 4.79 Å². The third-order valence-corrected chi connectivity index (χ3v) is 4.82. The summed E-state index contributed by atoms with van der Waals surface area (Å²) in [5.74, 6) is 0.454. The van der Waals surface area contributed by atoms with E-state index >= 15 is 0 Å². The van der Waals surface area contributed by atoms with Gasteiger partial charge in [0.1, 0.15) is 0 Å². The van der Waals surface area contributed by atoms with E-state index in [0.717, 1.165) is 29.5 Å². The monoisotopic (exact) mass is 293 g/mol. The Morgan fingerprint density at radius 1 is 1.20 bits per heavy atom. The number of alkyl halides is 1. The first-order chi connectivity index (χ1) is 9.49. The van der Waals surface area contributed by atoms with E-state index in [1.165, 1.54) is 18.4 Å². The maximum atomic E-state index is 12.4. The number of nitrogens with one attached hydrogen (secondary N) is 1. The van der Waals surface area contributed by atoms with Crippen LogP contribution in [0.3, 0.4) is 0 Å². The highest BCUT2D eigenvalue weighted by Gasteiger charge is 2.24. The number of carbonyl (C=O) groups excluding carboxylic acids is 1. The Morgan fingerprint density at radius 3 is 2.40 bits per heavy atom. The van der Waals surface area contributed by atoms with Crippen LogP contribution in [0.5, 0.6) is 0 Å². The fourth-order valence-corrected chi connectivity index (χ4v) is 3.61. The van der Waals surface area contributed by atoms with Crippen molar-refractivity contribution >= 4 is 17.5 Å². The number of aryl methyl sites for hydroxylation is 3. The van der Waals surface area contributed by atoms with Crippen LogP contribution in [0, 0.1) is 26.7 Å². The van der Waals surface area contributed by atoms with E-state index in [9.17, 15) is 4.79 Å². The molecule has 0 bridgehead atoms. The van der Waals surface area contributed by atoms with E-state index in [0.29, 0.717) is 12.5 Å². The van der Waals surface area contributed by atoms with Gasteiger partial charge in [-0.1, -0.05) is 30.5 Å². The summed E-state index contributed by atoms with van der Waals surface area (Å²) in [7, 11) is 0. The van der Waals surface area contributed by atoms with Crippen molar-refractivity contribution in [3.05, 3.63) is 34.4 Å². The third kappa shape index (κ3) is 3.54. The minimum atomic E-state index is 0.0365. The fourth-order valence-electron chi connectivity index (χ4n) is 3.24. The van der Waals surface area contributed by atoms with Crippen molar-refractivity contribution in [1.82, 2.24) is 5.32 Å². The molecule has 1 aromatic rings. The first-order valence-electron chi connectivity index (χ1n) is 7.49. The highest BCUT2D eigenvalue weighted by atomic mass is 35.5. The Hall–Kier alpha value is -1.02. The van der Waals surface area contributed by atoms with Crippen LogP contribution in [-0.2, 0) is 0 Å². The van der Waals surface area contributed by atoms with Crippen molar-refractivity contribution in [3.8, 4) is 0 Å². The highest BCUT2D eigenvalue weighted by Crippen LogP contribution is 2.28. The van der Waals surface area contributed by atoms with Crippen LogP contribution in [0.25, 0.3) is 0 Å². The molecular weight excluding hydrogens is 270 g/mol. The predicted molar refractivity (Wildman–Crippen MR) is 84.6 cm³/mol. The van der Waals surface area contributed by atoms with Crippen LogP contribution in [0.1, 0.15) is 52.7 Å². The lowest BCUT2D eigenvalue weighted by molar-refractivity contribution is 0.0943. The van der Waals surface area contributed by atoms with Crippen LogP contribution in [0.15, 0.2) is 12.1 Å². The molecule has 20 heavy (non-hydrogen) atoms. The molecule has 1 fully saturated rings. The zero-order valence-electron chi connectivity index (χ0n) is 12.6. The fraction of sp³-hybridized carbons (Fsp3) is 0.588. The molecule has 0 radical (unpaired) electrons. The number of hydrogen-bond acceptors (Lipinski definition) is 1. The largest absolute Gasteiger partial charge is 0.352 e. The molecule has 0 spiro atoms. The molecule has 2 nitrogen and oxygen atoms in total. The second-order valence-corrected chi connectivity index (χ2v) is 6.60. The van der Waals surface area contributed by atoms with E-state index in [1.54, 1.807) is 0 Å². The van der Waals surface area contributed by atoms with Crippen molar-refractivity contribution in [2.75, 3.05) is 6.54 Å². The van der Waals surface area contributed by atoms with Gasteiger partial charge in [-0.15, -0.1) is 11.6 Å². The van der Waals surface area contributed by atoms with E-state index in [2.05, 4.69) is 24.4 Å². The second-order valence-electron chi connectivity index (χ2n) is 6.04. The van der Waals surface area contributed by atoms with Crippen molar-refractivity contribution in [3.63, 3.8) is 0 Å². The summed E-state index contributed by atoms with van der Waals surface area (Å²) in [6.07, 6.45) is 4.64. The molecule has 0 aromatic heterocycles. The average molecular weight is 294 g/mol. The standard InChI is InChI=1S/C17H24ClNO/c1-11-8-12(2)16(13(3)9-11)17(20)19-10-14-6-4-5-7-15(14)18/h8-9,14-15H,4-7,10H2,1-3H3,(H,19,20). The van der Waals surface area contributed by atoms with Crippen LogP contribution in [0.4, 0.5) is 0 Å². The molecule has 1 aromatic carbocycles. The molecule has 2 rings (SSSR count). The molecule has 0 saturated heterocycles. The van der Waals surface area contributed by atoms with E-state index in [-0.39, 0.29) is 11.3 Å². The maximum absolute atomic E-state index is 12.4. The van der Waals surface area contributed by atoms with Crippen LogP contribution in [0.2, 0.25) is 0 Å². The van der Waals surface area contributed by atoms with Crippen molar-refractivity contribution < 1.29 is 4.79 Å². The smallest absolute Gasteiger partial charge is 0.251 e. The summed E-state index contributed by atoms with van der Waals surface area (Å²) in [5.41, 5.74) is 4.11. The molecule has 2 unspecified atom stereocenters. The van der Waals surface area contributed by atoms with Gasteiger partial charge in [-0.05, 0) is 50.7 Å². The first kappa shape index (κ1) is 15.4. The van der Waals surface area contributed by atoms with E-state index in [4.69, 9.17) is 11.6 Å². The summed E-state index contributed by atoms with van der Waals surface area (Å²) in [5, 5.41) is 3.29. The SMILES string of the molecule is Cc1cc(C)c(C(=O)NCC2CCCCC2Cl)c(C)c1. The van der Waals surface area contributed by atoms with Crippen LogP contribution in [-0.4, -0.2) is 17.8 Å². The minimum Gasteiger partial charge on any atom is -0.352 e.